The molecular weight excluding hydrogens is 363 g/mol. The Bertz CT molecular complexity index is 654. The lowest BCUT2D eigenvalue weighted by atomic mass is 9.88. The largest absolute Gasteiger partial charge is 0.302 e. The van der Waals surface area contributed by atoms with Crippen LogP contribution in [0.15, 0.2) is 54.1 Å². The van der Waals surface area contributed by atoms with Gasteiger partial charge in [0.15, 0.2) is 0 Å². The highest BCUT2D eigenvalue weighted by Crippen LogP contribution is 2.32. The molecule has 1 nitrogen and oxygen atoms in total. The highest BCUT2D eigenvalue weighted by atomic mass is 35.5. The van der Waals surface area contributed by atoms with Crippen LogP contribution in [0.4, 0.5) is 8.78 Å². The summed E-state index contributed by atoms with van der Waals surface area (Å²) in [4.78, 5) is 2.35. The molecule has 1 aliphatic rings. The molecule has 0 aromatic heterocycles. The van der Waals surface area contributed by atoms with Gasteiger partial charge >= 0.3 is 0 Å². The second-order valence-corrected chi connectivity index (χ2v) is 6.40. The first-order chi connectivity index (χ1) is 11.7. The fourth-order valence-electron chi connectivity index (χ4n) is 3.22. The predicted octanol–water partition coefficient (Wildman–Crippen LogP) is 5.52. The molecule has 0 bridgehead atoms. The Morgan fingerprint density at radius 3 is 1.68 bits per heavy atom. The van der Waals surface area contributed by atoms with E-state index >= 15 is 0 Å². The second kappa shape index (κ2) is 9.33. The van der Waals surface area contributed by atoms with Crippen molar-refractivity contribution in [1.29, 1.82) is 0 Å². The van der Waals surface area contributed by atoms with Gasteiger partial charge in [-0.25, -0.2) is 8.78 Å². The molecule has 0 radical (unpaired) electrons. The van der Waals surface area contributed by atoms with E-state index in [1.54, 1.807) is 24.3 Å². The zero-order valence-electron chi connectivity index (χ0n) is 13.9. The average molecular weight is 384 g/mol. The summed E-state index contributed by atoms with van der Waals surface area (Å²) in [7, 11) is 0. The van der Waals surface area contributed by atoms with Gasteiger partial charge in [-0.2, -0.15) is 0 Å². The maximum atomic E-state index is 13.3. The van der Waals surface area contributed by atoms with Crippen molar-refractivity contribution >= 4 is 29.6 Å². The molecular formula is C20H21Cl2F2N. The minimum absolute atomic E-state index is 0. The van der Waals surface area contributed by atoms with Gasteiger partial charge < -0.3 is 4.90 Å². The summed E-state index contributed by atoms with van der Waals surface area (Å²) in [6, 6.07) is 13.1. The first-order valence-corrected chi connectivity index (χ1v) is 8.73. The number of halogens is 4. The van der Waals surface area contributed by atoms with Crippen molar-refractivity contribution in [3.05, 3.63) is 76.9 Å². The monoisotopic (exact) mass is 383 g/mol. The summed E-state index contributed by atoms with van der Waals surface area (Å²) in [5.41, 5.74) is 4.38. The van der Waals surface area contributed by atoms with Crippen LogP contribution in [-0.4, -0.2) is 30.4 Å². The van der Waals surface area contributed by atoms with Crippen LogP contribution in [0.1, 0.15) is 24.0 Å². The van der Waals surface area contributed by atoms with Gasteiger partial charge in [-0.3, -0.25) is 0 Å². The van der Waals surface area contributed by atoms with Crippen molar-refractivity contribution in [2.75, 3.05) is 25.5 Å². The smallest absolute Gasteiger partial charge is 0.123 e. The van der Waals surface area contributed by atoms with Crippen LogP contribution in [-0.2, 0) is 0 Å². The predicted molar refractivity (Wildman–Crippen MR) is 102 cm³/mol. The number of nitrogens with zero attached hydrogens (tertiary/aromatic N) is 1. The molecule has 1 saturated heterocycles. The molecule has 1 aliphatic heterocycles. The van der Waals surface area contributed by atoms with Crippen molar-refractivity contribution in [2.45, 2.75) is 12.8 Å². The summed E-state index contributed by atoms with van der Waals surface area (Å²) in [5.74, 6) is 0.139. The normalized spacial score (nSPS) is 14.9. The highest BCUT2D eigenvalue weighted by Gasteiger charge is 2.18. The molecule has 1 heterocycles. The topological polar surface area (TPSA) is 3.24 Å². The van der Waals surface area contributed by atoms with Crippen molar-refractivity contribution < 1.29 is 8.78 Å². The SMILES string of the molecule is Cl.Fc1ccc(C(=C2CCN(CCCl)CC2)c2ccc(F)cc2)cc1. The van der Waals surface area contributed by atoms with Crippen LogP contribution in [0, 0.1) is 11.6 Å². The quantitative estimate of drug-likeness (QED) is 0.627. The van der Waals surface area contributed by atoms with Gasteiger partial charge in [-0.05, 0) is 53.8 Å². The van der Waals surface area contributed by atoms with Crippen molar-refractivity contribution in [2.24, 2.45) is 0 Å². The Labute approximate surface area is 158 Å². The molecule has 0 atom stereocenters. The third kappa shape index (κ3) is 5.04. The lowest BCUT2D eigenvalue weighted by molar-refractivity contribution is 0.272. The van der Waals surface area contributed by atoms with E-state index in [1.807, 2.05) is 0 Å². The Hall–Kier alpha value is -1.42. The summed E-state index contributed by atoms with van der Waals surface area (Å²) in [6.07, 6.45) is 1.89. The summed E-state index contributed by atoms with van der Waals surface area (Å²) in [5, 5.41) is 0. The average Bonchev–Trinajstić information content (AvgIpc) is 2.60. The molecule has 0 unspecified atom stereocenters. The van der Waals surface area contributed by atoms with Gasteiger partial charge in [-0.1, -0.05) is 29.8 Å². The van der Waals surface area contributed by atoms with Crippen LogP contribution < -0.4 is 0 Å². The van der Waals surface area contributed by atoms with Gasteiger partial charge in [-0.15, -0.1) is 24.0 Å². The van der Waals surface area contributed by atoms with Crippen molar-refractivity contribution in [1.82, 2.24) is 4.90 Å². The number of rotatable bonds is 4. The third-order valence-electron chi connectivity index (χ3n) is 4.48. The number of likely N-dealkylation sites (tertiary alicyclic amines) is 1. The molecule has 2 aromatic rings. The van der Waals surface area contributed by atoms with Gasteiger partial charge in [0.05, 0.1) is 0 Å². The van der Waals surface area contributed by atoms with Gasteiger partial charge in [0.2, 0.25) is 0 Å². The van der Waals surface area contributed by atoms with Gasteiger partial charge in [0.25, 0.3) is 0 Å². The molecule has 134 valence electrons. The van der Waals surface area contributed by atoms with Crippen LogP contribution in [0.3, 0.4) is 0 Å². The maximum absolute atomic E-state index is 13.3. The Morgan fingerprint density at radius 1 is 0.840 bits per heavy atom. The van der Waals surface area contributed by atoms with E-state index in [4.69, 9.17) is 11.6 Å². The first kappa shape index (κ1) is 19.9. The molecule has 2 aromatic carbocycles. The fourth-order valence-corrected chi connectivity index (χ4v) is 3.46. The van der Waals surface area contributed by atoms with Gasteiger partial charge in [0.1, 0.15) is 11.6 Å². The van der Waals surface area contributed by atoms with Crippen LogP contribution in [0.25, 0.3) is 5.57 Å². The lowest BCUT2D eigenvalue weighted by Gasteiger charge is -2.29. The Kier molecular flexibility index (Phi) is 7.42. The van der Waals surface area contributed by atoms with E-state index in [-0.39, 0.29) is 24.0 Å². The molecule has 25 heavy (non-hydrogen) atoms. The molecule has 0 aliphatic carbocycles. The Morgan fingerprint density at radius 2 is 1.28 bits per heavy atom. The zero-order chi connectivity index (χ0) is 16.9. The van der Waals surface area contributed by atoms with Crippen molar-refractivity contribution in [3.63, 3.8) is 0 Å². The van der Waals surface area contributed by atoms with E-state index in [0.717, 1.165) is 49.2 Å². The first-order valence-electron chi connectivity index (χ1n) is 8.19. The zero-order valence-corrected chi connectivity index (χ0v) is 15.4. The lowest BCUT2D eigenvalue weighted by Crippen LogP contribution is -2.32. The van der Waals surface area contributed by atoms with E-state index in [9.17, 15) is 8.78 Å². The maximum Gasteiger partial charge on any atom is 0.123 e. The second-order valence-electron chi connectivity index (χ2n) is 6.02. The molecule has 0 N–H and O–H groups in total. The third-order valence-corrected chi connectivity index (χ3v) is 4.65. The highest BCUT2D eigenvalue weighted by molar-refractivity contribution is 6.18. The minimum Gasteiger partial charge on any atom is -0.302 e. The number of alkyl halides is 1. The summed E-state index contributed by atoms with van der Waals surface area (Å²) < 4.78 is 26.6. The number of benzene rings is 2. The summed E-state index contributed by atoms with van der Waals surface area (Å²) >= 11 is 5.83. The molecule has 5 heteroatoms. The number of hydrogen-bond donors (Lipinski definition) is 0. The standard InChI is InChI=1S/C20H20ClF2N.ClH/c21-11-14-24-12-9-17(10-13-24)20(15-1-5-18(22)6-2-15)16-3-7-19(23)8-4-16;/h1-8H,9-14H2;1H. The van der Waals surface area contributed by atoms with Crippen LogP contribution in [0.2, 0.25) is 0 Å². The molecule has 0 saturated carbocycles. The molecule has 3 rings (SSSR count). The molecule has 1 fully saturated rings. The Balaban J connectivity index is 0.00000225. The molecule has 0 amide bonds. The van der Waals surface area contributed by atoms with Crippen LogP contribution >= 0.6 is 24.0 Å². The van der Waals surface area contributed by atoms with E-state index < -0.39 is 0 Å². The molecule has 0 spiro atoms. The summed E-state index contributed by atoms with van der Waals surface area (Å²) in [6.45, 7) is 2.83. The van der Waals surface area contributed by atoms with Crippen molar-refractivity contribution in [3.8, 4) is 0 Å². The number of hydrogen-bond acceptors (Lipinski definition) is 1. The number of piperidine rings is 1. The van der Waals surface area contributed by atoms with E-state index in [2.05, 4.69) is 4.90 Å². The minimum atomic E-state index is -0.251. The van der Waals surface area contributed by atoms with Gasteiger partial charge in [0, 0.05) is 25.5 Å². The van der Waals surface area contributed by atoms with Crippen LogP contribution in [0.5, 0.6) is 0 Å². The van der Waals surface area contributed by atoms with E-state index in [0.29, 0.717) is 5.88 Å². The fraction of sp³-hybridized carbons (Fsp3) is 0.300. The van der Waals surface area contributed by atoms with E-state index in [1.165, 1.54) is 29.8 Å².